The number of hydrogen-bond acceptors (Lipinski definition) is 5. The Labute approximate surface area is 132 Å². The maximum atomic E-state index is 11.4. The fourth-order valence-corrected chi connectivity index (χ4v) is 2.19. The first-order valence-electron chi connectivity index (χ1n) is 7.00. The number of unbranched alkanes of at least 4 members (excludes halogenated alkanes) is 1. The first kappa shape index (κ1) is 16.2. The van der Waals surface area contributed by atoms with Gasteiger partial charge in [-0.15, -0.1) is 5.10 Å². The molecule has 1 aromatic heterocycles. The van der Waals surface area contributed by atoms with E-state index >= 15 is 0 Å². The monoisotopic (exact) mass is 324 g/mol. The van der Waals surface area contributed by atoms with E-state index in [1.807, 2.05) is 6.92 Å². The number of halogens is 1. The molecule has 8 heteroatoms. The van der Waals surface area contributed by atoms with E-state index in [4.69, 9.17) is 16.3 Å². The van der Waals surface area contributed by atoms with E-state index in [0.29, 0.717) is 23.0 Å². The van der Waals surface area contributed by atoms with Crippen molar-refractivity contribution in [1.29, 1.82) is 0 Å². The van der Waals surface area contributed by atoms with Crippen LogP contribution in [0.4, 0.5) is 0 Å². The molecule has 118 valence electrons. The number of ether oxygens (including phenoxy) is 1. The van der Waals surface area contributed by atoms with Gasteiger partial charge in [0.15, 0.2) is 11.9 Å². The van der Waals surface area contributed by atoms with E-state index in [-0.39, 0.29) is 6.61 Å². The summed E-state index contributed by atoms with van der Waals surface area (Å²) in [6, 6.07) is 6.24. The summed E-state index contributed by atoms with van der Waals surface area (Å²) in [5, 5.41) is 21.0. The molecule has 1 unspecified atom stereocenters. The van der Waals surface area contributed by atoms with Crippen LogP contribution in [0.15, 0.2) is 24.3 Å². The Morgan fingerprint density at radius 3 is 2.91 bits per heavy atom. The first-order chi connectivity index (χ1) is 10.6. The second-order valence-corrected chi connectivity index (χ2v) is 5.16. The zero-order chi connectivity index (χ0) is 15.9. The number of carboxylic acid groups (broad SMARTS) is 1. The van der Waals surface area contributed by atoms with Crippen LogP contribution < -0.4 is 4.74 Å². The predicted octanol–water partition coefficient (Wildman–Crippen LogP) is 2.72. The molecule has 1 N–H and O–H groups in total. The molecule has 0 radical (unpaired) electrons. The molecule has 0 saturated carbocycles. The van der Waals surface area contributed by atoms with Crippen LogP contribution in [0, 0.1) is 0 Å². The van der Waals surface area contributed by atoms with Crippen LogP contribution >= 0.6 is 11.6 Å². The minimum Gasteiger partial charge on any atom is -0.484 e. The summed E-state index contributed by atoms with van der Waals surface area (Å²) in [4.78, 5) is 11.4. The van der Waals surface area contributed by atoms with Gasteiger partial charge in [-0.25, -0.2) is 9.48 Å². The SMILES string of the molecule is CCCCC(C(=O)O)n1nnnc1COc1ccccc1Cl. The lowest BCUT2D eigenvalue weighted by atomic mass is 10.1. The average molecular weight is 325 g/mol. The van der Waals surface area contributed by atoms with E-state index in [1.54, 1.807) is 24.3 Å². The number of carboxylic acids is 1. The summed E-state index contributed by atoms with van der Waals surface area (Å²) < 4.78 is 6.87. The quantitative estimate of drug-likeness (QED) is 0.803. The highest BCUT2D eigenvalue weighted by molar-refractivity contribution is 6.32. The van der Waals surface area contributed by atoms with Crippen molar-refractivity contribution >= 4 is 17.6 Å². The van der Waals surface area contributed by atoms with E-state index in [9.17, 15) is 9.90 Å². The van der Waals surface area contributed by atoms with Gasteiger partial charge >= 0.3 is 5.97 Å². The van der Waals surface area contributed by atoms with Crippen molar-refractivity contribution in [2.75, 3.05) is 0 Å². The lowest BCUT2D eigenvalue weighted by molar-refractivity contribution is -0.141. The number of aromatic nitrogens is 4. The van der Waals surface area contributed by atoms with Crippen LogP contribution in [-0.4, -0.2) is 31.3 Å². The lowest BCUT2D eigenvalue weighted by Gasteiger charge is -2.14. The summed E-state index contributed by atoms with van der Waals surface area (Å²) >= 11 is 6.01. The largest absolute Gasteiger partial charge is 0.484 e. The van der Waals surface area contributed by atoms with Gasteiger partial charge in [-0.05, 0) is 29.0 Å². The van der Waals surface area contributed by atoms with Crippen molar-refractivity contribution < 1.29 is 14.6 Å². The van der Waals surface area contributed by atoms with Gasteiger partial charge in [0.05, 0.1) is 5.02 Å². The number of carbonyl (C=O) groups is 1. The molecule has 0 aliphatic heterocycles. The van der Waals surface area contributed by atoms with Crippen molar-refractivity contribution in [1.82, 2.24) is 20.2 Å². The molecule has 0 spiro atoms. The summed E-state index contributed by atoms with van der Waals surface area (Å²) in [6.45, 7) is 2.05. The molecule has 0 aliphatic rings. The Hall–Kier alpha value is -2.15. The third-order valence-electron chi connectivity index (χ3n) is 3.17. The van der Waals surface area contributed by atoms with Crippen molar-refractivity contribution in [2.45, 2.75) is 38.8 Å². The number of tetrazole rings is 1. The molecule has 7 nitrogen and oxygen atoms in total. The number of para-hydroxylation sites is 1. The number of nitrogens with zero attached hydrogens (tertiary/aromatic N) is 4. The Balaban J connectivity index is 2.11. The molecule has 1 aromatic carbocycles. The Kier molecular flexibility index (Phi) is 5.71. The van der Waals surface area contributed by atoms with Gasteiger partial charge < -0.3 is 9.84 Å². The zero-order valence-corrected chi connectivity index (χ0v) is 12.9. The summed E-state index contributed by atoms with van der Waals surface area (Å²) in [7, 11) is 0. The fourth-order valence-electron chi connectivity index (χ4n) is 2.00. The van der Waals surface area contributed by atoms with Gasteiger partial charge in [-0.1, -0.05) is 43.5 Å². The molecule has 22 heavy (non-hydrogen) atoms. The van der Waals surface area contributed by atoms with Crippen LogP contribution in [0.25, 0.3) is 0 Å². The topological polar surface area (TPSA) is 90.1 Å². The van der Waals surface area contributed by atoms with Gasteiger partial charge in [0.1, 0.15) is 12.4 Å². The minimum absolute atomic E-state index is 0.0483. The van der Waals surface area contributed by atoms with E-state index in [2.05, 4.69) is 15.5 Å². The normalized spacial score (nSPS) is 12.1. The standard InChI is InChI=1S/C14H17ClN4O3/c1-2-3-7-11(14(20)21)19-13(16-17-18-19)9-22-12-8-5-4-6-10(12)15/h4-6,8,11H,2-3,7,9H2,1H3,(H,20,21). The van der Waals surface area contributed by atoms with Crippen LogP contribution in [0.1, 0.15) is 38.1 Å². The molecular weight excluding hydrogens is 308 g/mol. The molecule has 0 saturated heterocycles. The van der Waals surface area contributed by atoms with E-state index in [1.165, 1.54) is 4.68 Å². The van der Waals surface area contributed by atoms with Gasteiger partial charge in [0.25, 0.3) is 0 Å². The number of benzene rings is 1. The fraction of sp³-hybridized carbons (Fsp3) is 0.429. The summed E-state index contributed by atoms with van der Waals surface area (Å²) in [5.41, 5.74) is 0. The molecule has 1 atom stereocenters. The van der Waals surface area contributed by atoms with Crippen molar-refractivity contribution in [3.63, 3.8) is 0 Å². The highest BCUT2D eigenvalue weighted by Crippen LogP contribution is 2.24. The van der Waals surface area contributed by atoms with E-state index in [0.717, 1.165) is 12.8 Å². The predicted molar refractivity (Wildman–Crippen MR) is 79.8 cm³/mol. The first-order valence-corrected chi connectivity index (χ1v) is 7.38. The van der Waals surface area contributed by atoms with Crippen LogP contribution in [0.2, 0.25) is 5.02 Å². The smallest absolute Gasteiger partial charge is 0.328 e. The maximum Gasteiger partial charge on any atom is 0.328 e. The Morgan fingerprint density at radius 1 is 1.45 bits per heavy atom. The van der Waals surface area contributed by atoms with Crippen LogP contribution in [0.5, 0.6) is 5.75 Å². The third kappa shape index (κ3) is 3.94. The molecule has 2 aromatic rings. The molecule has 1 heterocycles. The van der Waals surface area contributed by atoms with Crippen LogP contribution in [-0.2, 0) is 11.4 Å². The van der Waals surface area contributed by atoms with Crippen molar-refractivity contribution in [2.24, 2.45) is 0 Å². The summed E-state index contributed by atoms with van der Waals surface area (Å²) in [6.07, 6.45) is 2.15. The molecule has 0 aliphatic carbocycles. The Bertz CT molecular complexity index is 632. The average Bonchev–Trinajstić information content (AvgIpc) is 2.95. The van der Waals surface area contributed by atoms with E-state index < -0.39 is 12.0 Å². The molecule has 2 rings (SSSR count). The maximum absolute atomic E-state index is 11.4. The van der Waals surface area contributed by atoms with Crippen LogP contribution in [0.3, 0.4) is 0 Å². The number of hydrogen-bond donors (Lipinski definition) is 1. The van der Waals surface area contributed by atoms with Gasteiger partial charge in [0.2, 0.25) is 0 Å². The van der Waals surface area contributed by atoms with Crippen molar-refractivity contribution in [3.8, 4) is 5.75 Å². The number of rotatable bonds is 8. The number of aliphatic carboxylic acids is 1. The second kappa shape index (κ2) is 7.74. The van der Waals surface area contributed by atoms with Gasteiger partial charge in [0, 0.05) is 0 Å². The van der Waals surface area contributed by atoms with Gasteiger partial charge in [-0.2, -0.15) is 0 Å². The summed E-state index contributed by atoms with van der Waals surface area (Å²) in [5.74, 6) is -0.109. The molecule has 0 fully saturated rings. The van der Waals surface area contributed by atoms with Gasteiger partial charge in [-0.3, -0.25) is 0 Å². The lowest BCUT2D eigenvalue weighted by Crippen LogP contribution is -2.23. The molecule has 0 bridgehead atoms. The van der Waals surface area contributed by atoms with Crippen molar-refractivity contribution in [3.05, 3.63) is 35.1 Å². The third-order valence-corrected chi connectivity index (χ3v) is 3.48. The minimum atomic E-state index is -0.959. The highest BCUT2D eigenvalue weighted by Gasteiger charge is 2.24. The second-order valence-electron chi connectivity index (χ2n) is 4.76. The molecular formula is C14H17ClN4O3. The zero-order valence-electron chi connectivity index (χ0n) is 12.1. The Morgan fingerprint density at radius 2 is 2.23 bits per heavy atom. The highest BCUT2D eigenvalue weighted by atomic mass is 35.5. The molecule has 0 amide bonds.